The van der Waals surface area contributed by atoms with Crippen LogP contribution in [-0.4, -0.2) is 76.4 Å². The largest absolute Gasteiger partial charge is 0.348 e. The van der Waals surface area contributed by atoms with E-state index in [-0.39, 0.29) is 23.7 Å². The number of rotatable bonds is 4. The molecular weight excluding hydrogens is 504 g/mol. The summed E-state index contributed by atoms with van der Waals surface area (Å²) in [6, 6.07) is 0. The molecule has 2 fully saturated rings. The highest BCUT2D eigenvalue weighted by molar-refractivity contribution is 5.70. The summed E-state index contributed by atoms with van der Waals surface area (Å²) in [7, 11) is 6.07. The van der Waals surface area contributed by atoms with Crippen LogP contribution >= 0.6 is 0 Å². The molecule has 204 valence electrons. The molecule has 0 bridgehead atoms. The SMILES string of the molecule is Cn1c(=O)c2c(ncn2CC2OCCO2)n(C)c1=O.Cn1c(=O)c2c(ncn2CC2OCCO2)n(C)c1=O. The molecule has 0 spiro atoms. The fraction of sp³-hybridized carbons (Fsp3) is 0.545. The summed E-state index contributed by atoms with van der Waals surface area (Å²) in [6.07, 6.45) is 2.30. The van der Waals surface area contributed by atoms with Gasteiger partial charge in [0.1, 0.15) is 0 Å². The van der Waals surface area contributed by atoms with Gasteiger partial charge in [-0.1, -0.05) is 0 Å². The monoisotopic (exact) mass is 532 g/mol. The zero-order valence-corrected chi connectivity index (χ0v) is 21.4. The number of aryl methyl sites for hydroxylation is 2. The van der Waals surface area contributed by atoms with E-state index < -0.39 is 11.4 Å². The van der Waals surface area contributed by atoms with Crippen LogP contribution in [0.15, 0.2) is 31.8 Å². The summed E-state index contributed by atoms with van der Waals surface area (Å²) < 4.78 is 29.6. The third-order valence-corrected chi connectivity index (χ3v) is 6.51. The molecule has 6 rings (SSSR count). The van der Waals surface area contributed by atoms with Crippen molar-refractivity contribution in [3.8, 4) is 0 Å². The van der Waals surface area contributed by atoms with Crippen LogP contribution in [0, 0.1) is 0 Å². The molecule has 0 saturated carbocycles. The van der Waals surface area contributed by atoms with Crippen LogP contribution < -0.4 is 22.5 Å². The molecule has 2 saturated heterocycles. The average Bonchev–Trinajstić information content (AvgIpc) is 3.72. The van der Waals surface area contributed by atoms with E-state index >= 15 is 0 Å². The molecule has 2 aliphatic rings. The van der Waals surface area contributed by atoms with Gasteiger partial charge in [0.25, 0.3) is 11.1 Å². The van der Waals surface area contributed by atoms with E-state index in [1.807, 2.05) is 0 Å². The maximum atomic E-state index is 12.2. The maximum absolute atomic E-state index is 12.2. The predicted molar refractivity (Wildman–Crippen MR) is 132 cm³/mol. The van der Waals surface area contributed by atoms with E-state index in [9.17, 15) is 19.2 Å². The van der Waals surface area contributed by atoms with Gasteiger partial charge in [-0.05, 0) is 0 Å². The second-order valence-electron chi connectivity index (χ2n) is 8.89. The van der Waals surface area contributed by atoms with E-state index in [1.165, 1.54) is 35.9 Å². The van der Waals surface area contributed by atoms with E-state index in [1.54, 1.807) is 23.2 Å². The van der Waals surface area contributed by atoms with Gasteiger partial charge in [0, 0.05) is 28.2 Å². The second-order valence-corrected chi connectivity index (χ2v) is 8.89. The smallest absolute Gasteiger partial charge is 0.332 e. The van der Waals surface area contributed by atoms with Crippen molar-refractivity contribution in [3.63, 3.8) is 0 Å². The van der Waals surface area contributed by atoms with Gasteiger partial charge in [-0.15, -0.1) is 0 Å². The number of hydrogen-bond acceptors (Lipinski definition) is 10. The molecule has 16 heteroatoms. The van der Waals surface area contributed by atoms with Crippen LogP contribution in [-0.2, 0) is 60.2 Å². The lowest BCUT2D eigenvalue weighted by Gasteiger charge is -2.10. The number of aromatic nitrogens is 8. The third-order valence-electron chi connectivity index (χ3n) is 6.51. The molecule has 4 aromatic heterocycles. The van der Waals surface area contributed by atoms with Gasteiger partial charge >= 0.3 is 11.4 Å². The number of ether oxygens (including phenoxy) is 4. The fourth-order valence-electron chi connectivity index (χ4n) is 4.42. The lowest BCUT2D eigenvalue weighted by Crippen LogP contribution is -2.37. The predicted octanol–water partition coefficient (Wildman–Crippen LogP) is -2.39. The van der Waals surface area contributed by atoms with Gasteiger partial charge in [0.05, 0.1) is 52.2 Å². The molecule has 0 aromatic carbocycles. The second kappa shape index (κ2) is 10.1. The van der Waals surface area contributed by atoms with E-state index in [2.05, 4.69) is 9.97 Å². The fourth-order valence-corrected chi connectivity index (χ4v) is 4.42. The van der Waals surface area contributed by atoms with Gasteiger partial charge in [-0.25, -0.2) is 19.6 Å². The molecule has 0 amide bonds. The molecule has 0 atom stereocenters. The third kappa shape index (κ3) is 4.40. The zero-order chi connectivity index (χ0) is 27.1. The lowest BCUT2D eigenvalue weighted by atomic mass is 10.5. The highest BCUT2D eigenvalue weighted by Crippen LogP contribution is 2.12. The molecule has 16 nitrogen and oxygen atoms in total. The van der Waals surface area contributed by atoms with E-state index in [4.69, 9.17) is 18.9 Å². The van der Waals surface area contributed by atoms with Crippen molar-refractivity contribution >= 4 is 22.3 Å². The maximum Gasteiger partial charge on any atom is 0.332 e. The Labute approximate surface area is 213 Å². The molecule has 4 aromatic rings. The minimum Gasteiger partial charge on any atom is -0.348 e. The zero-order valence-electron chi connectivity index (χ0n) is 21.4. The summed E-state index contributed by atoms with van der Waals surface area (Å²) in [4.78, 5) is 56.1. The van der Waals surface area contributed by atoms with Crippen LogP contribution in [0.5, 0.6) is 0 Å². The van der Waals surface area contributed by atoms with Gasteiger partial charge in [-0.3, -0.25) is 27.9 Å². The Bertz CT molecular complexity index is 1600. The van der Waals surface area contributed by atoms with E-state index in [0.29, 0.717) is 61.8 Å². The normalized spacial score (nSPS) is 16.5. The molecular formula is C22H28N8O8. The minimum atomic E-state index is -0.392. The van der Waals surface area contributed by atoms with Crippen LogP contribution in [0.2, 0.25) is 0 Å². The Kier molecular flexibility index (Phi) is 6.87. The number of fused-ring (bicyclic) bond motifs is 2. The van der Waals surface area contributed by atoms with Crippen molar-refractivity contribution in [1.82, 2.24) is 37.4 Å². The quantitative estimate of drug-likeness (QED) is 0.277. The summed E-state index contributed by atoms with van der Waals surface area (Å²) >= 11 is 0. The standard InChI is InChI=1S/2C11H14N4O4/c2*1-13-9-8(10(16)14(2)11(13)17)15(6-12-9)5-7-18-3-4-19-7/h2*6-7H,3-5H2,1-2H3. The first-order valence-electron chi connectivity index (χ1n) is 11.9. The van der Waals surface area contributed by atoms with Crippen molar-refractivity contribution < 1.29 is 18.9 Å². The summed E-state index contributed by atoms with van der Waals surface area (Å²) in [6.45, 7) is 2.96. The Morgan fingerprint density at radius 2 is 0.974 bits per heavy atom. The highest BCUT2D eigenvalue weighted by atomic mass is 16.7. The first kappa shape index (κ1) is 25.8. The van der Waals surface area contributed by atoms with Gasteiger partial charge in [0.15, 0.2) is 34.9 Å². The van der Waals surface area contributed by atoms with Gasteiger partial charge in [0.2, 0.25) is 0 Å². The summed E-state index contributed by atoms with van der Waals surface area (Å²) in [5, 5.41) is 0. The highest BCUT2D eigenvalue weighted by Gasteiger charge is 2.22. The van der Waals surface area contributed by atoms with Crippen molar-refractivity contribution in [3.05, 3.63) is 54.3 Å². The van der Waals surface area contributed by atoms with Crippen LogP contribution in [0.1, 0.15) is 0 Å². The van der Waals surface area contributed by atoms with Crippen molar-refractivity contribution in [2.75, 3.05) is 26.4 Å². The van der Waals surface area contributed by atoms with Crippen molar-refractivity contribution in [2.24, 2.45) is 28.2 Å². The molecule has 0 aliphatic carbocycles. The first-order chi connectivity index (χ1) is 18.2. The van der Waals surface area contributed by atoms with Crippen LogP contribution in [0.3, 0.4) is 0 Å². The number of hydrogen-bond donors (Lipinski definition) is 0. The van der Waals surface area contributed by atoms with Crippen LogP contribution in [0.25, 0.3) is 22.3 Å². The Hall–Kier alpha value is -3.86. The number of imidazole rings is 2. The summed E-state index contributed by atoms with van der Waals surface area (Å²) in [5.41, 5.74) is -0.0287. The van der Waals surface area contributed by atoms with Gasteiger partial charge in [-0.2, -0.15) is 0 Å². The minimum absolute atomic E-state index is 0.367. The molecule has 0 unspecified atom stereocenters. The molecule has 0 radical (unpaired) electrons. The van der Waals surface area contributed by atoms with Crippen molar-refractivity contribution in [2.45, 2.75) is 25.7 Å². The summed E-state index contributed by atoms with van der Waals surface area (Å²) in [5.74, 6) is 0. The van der Waals surface area contributed by atoms with Gasteiger partial charge < -0.3 is 28.1 Å². The van der Waals surface area contributed by atoms with Crippen LogP contribution in [0.4, 0.5) is 0 Å². The average molecular weight is 533 g/mol. The molecule has 2 aliphatic heterocycles. The Morgan fingerprint density at radius 3 is 1.32 bits per heavy atom. The van der Waals surface area contributed by atoms with E-state index in [0.717, 1.165) is 9.13 Å². The topological polar surface area (TPSA) is 161 Å². The van der Waals surface area contributed by atoms with Crippen molar-refractivity contribution in [1.29, 1.82) is 0 Å². The Balaban J connectivity index is 0.000000155. The number of nitrogens with zero attached hydrogens (tertiary/aromatic N) is 8. The molecule has 38 heavy (non-hydrogen) atoms. The molecule has 6 heterocycles. The molecule has 0 N–H and O–H groups in total. The first-order valence-corrected chi connectivity index (χ1v) is 11.9. The lowest BCUT2D eigenvalue weighted by molar-refractivity contribution is -0.0520. The Morgan fingerprint density at radius 1 is 0.632 bits per heavy atom.